The molecule has 1 aliphatic carbocycles. The summed E-state index contributed by atoms with van der Waals surface area (Å²) in [6.07, 6.45) is 7.20. The van der Waals surface area contributed by atoms with Crippen LogP contribution in [0.5, 0.6) is 11.5 Å². The van der Waals surface area contributed by atoms with Crippen molar-refractivity contribution in [1.29, 1.82) is 0 Å². The Labute approximate surface area is 102 Å². The topological polar surface area (TPSA) is 52.5 Å². The van der Waals surface area contributed by atoms with Crippen molar-refractivity contribution in [3.05, 3.63) is 35.4 Å². The fourth-order valence-electron chi connectivity index (χ4n) is 2.14. The molecule has 0 amide bonds. The molecule has 3 N–H and O–H groups in total. The Morgan fingerprint density at radius 3 is 2.82 bits per heavy atom. The number of hydrogen-bond acceptors (Lipinski definition) is 3. The summed E-state index contributed by atoms with van der Waals surface area (Å²) in [6, 6.07) is 4.71. The van der Waals surface area contributed by atoms with Crippen molar-refractivity contribution in [3.63, 3.8) is 0 Å². The Morgan fingerprint density at radius 2 is 2.12 bits per heavy atom. The normalized spacial score (nSPS) is 14.9. The second kappa shape index (κ2) is 5.73. The van der Waals surface area contributed by atoms with Gasteiger partial charge in [0, 0.05) is 18.2 Å². The van der Waals surface area contributed by atoms with Gasteiger partial charge in [0.05, 0.1) is 0 Å². The van der Waals surface area contributed by atoms with Crippen LogP contribution in [0, 0.1) is 0 Å². The summed E-state index contributed by atoms with van der Waals surface area (Å²) in [6.45, 7) is 1.57. The summed E-state index contributed by atoms with van der Waals surface area (Å²) < 4.78 is 0. The van der Waals surface area contributed by atoms with Gasteiger partial charge in [0.1, 0.15) is 11.5 Å². The molecule has 0 bridgehead atoms. The monoisotopic (exact) mass is 233 g/mol. The van der Waals surface area contributed by atoms with Crippen molar-refractivity contribution >= 4 is 0 Å². The van der Waals surface area contributed by atoms with Gasteiger partial charge in [0.15, 0.2) is 0 Å². The van der Waals surface area contributed by atoms with E-state index in [9.17, 15) is 5.11 Å². The number of benzene rings is 1. The van der Waals surface area contributed by atoms with Crippen LogP contribution < -0.4 is 5.32 Å². The molecule has 0 atom stereocenters. The standard InChI is InChI=1S/C14H19NO2/c16-13-6-5-12(14(17)9-13)10-15-8-7-11-3-1-2-4-11/h3,5-6,9,15-17H,1-2,4,7-8,10H2. The van der Waals surface area contributed by atoms with Gasteiger partial charge in [0.25, 0.3) is 0 Å². The van der Waals surface area contributed by atoms with E-state index in [1.54, 1.807) is 17.7 Å². The first-order valence-corrected chi connectivity index (χ1v) is 6.15. The maximum atomic E-state index is 9.59. The van der Waals surface area contributed by atoms with E-state index in [-0.39, 0.29) is 11.5 Å². The summed E-state index contributed by atoms with van der Waals surface area (Å²) in [5, 5.41) is 22.1. The molecule has 92 valence electrons. The molecule has 0 saturated heterocycles. The SMILES string of the molecule is Oc1ccc(CNCCC2=CCCC2)c(O)c1. The highest BCUT2D eigenvalue weighted by Crippen LogP contribution is 2.22. The fraction of sp³-hybridized carbons (Fsp3) is 0.429. The van der Waals surface area contributed by atoms with Gasteiger partial charge in [-0.3, -0.25) is 0 Å². The lowest BCUT2D eigenvalue weighted by molar-refractivity contribution is 0.444. The average Bonchev–Trinajstić information content (AvgIpc) is 2.79. The number of nitrogens with one attached hydrogen (secondary N) is 1. The highest BCUT2D eigenvalue weighted by molar-refractivity contribution is 5.38. The van der Waals surface area contributed by atoms with E-state index in [1.807, 2.05) is 0 Å². The third-order valence-electron chi connectivity index (χ3n) is 3.14. The van der Waals surface area contributed by atoms with Crippen LogP contribution in [0.3, 0.4) is 0 Å². The van der Waals surface area contributed by atoms with Gasteiger partial charge in [-0.1, -0.05) is 17.7 Å². The molecule has 0 radical (unpaired) electrons. The van der Waals surface area contributed by atoms with Gasteiger partial charge >= 0.3 is 0 Å². The lowest BCUT2D eigenvalue weighted by Crippen LogP contribution is -2.15. The predicted octanol–water partition coefficient (Wildman–Crippen LogP) is 2.69. The van der Waals surface area contributed by atoms with Crippen LogP contribution in [0.2, 0.25) is 0 Å². The summed E-state index contributed by atoms with van der Waals surface area (Å²) in [5.41, 5.74) is 2.37. The first kappa shape index (κ1) is 12.0. The second-order valence-corrected chi connectivity index (χ2v) is 4.49. The van der Waals surface area contributed by atoms with Gasteiger partial charge in [-0.2, -0.15) is 0 Å². The van der Waals surface area contributed by atoms with Crippen molar-refractivity contribution in [3.8, 4) is 11.5 Å². The Hall–Kier alpha value is -1.48. The van der Waals surface area contributed by atoms with Gasteiger partial charge in [0.2, 0.25) is 0 Å². The average molecular weight is 233 g/mol. The van der Waals surface area contributed by atoms with Crippen molar-refractivity contribution in [1.82, 2.24) is 5.32 Å². The van der Waals surface area contributed by atoms with Crippen molar-refractivity contribution in [2.75, 3.05) is 6.54 Å². The van der Waals surface area contributed by atoms with Crippen LogP contribution in [0.4, 0.5) is 0 Å². The molecule has 17 heavy (non-hydrogen) atoms. The predicted molar refractivity (Wildman–Crippen MR) is 68.0 cm³/mol. The van der Waals surface area contributed by atoms with Crippen molar-refractivity contribution < 1.29 is 10.2 Å². The zero-order valence-electron chi connectivity index (χ0n) is 9.95. The van der Waals surface area contributed by atoms with Gasteiger partial charge in [-0.15, -0.1) is 0 Å². The molecule has 3 nitrogen and oxygen atoms in total. The Morgan fingerprint density at radius 1 is 1.24 bits per heavy atom. The second-order valence-electron chi connectivity index (χ2n) is 4.49. The molecule has 1 aliphatic rings. The van der Waals surface area contributed by atoms with E-state index >= 15 is 0 Å². The van der Waals surface area contributed by atoms with Crippen LogP contribution >= 0.6 is 0 Å². The van der Waals surface area contributed by atoms with Gasteiger partial charge in [-0.25, -0.2) is 0 Å². The number of phenolic OH excluding ortho intramolecular Hbond substituents is 2. The Bertz CT molecular complexity index is 413. The summed E-state index contributed by atoms with van der Waals surface area (Å²) >= 11 is 0. The number of rotatable bonds is 5. The van der Waals surface area contributed by atoms with E-state index in [4.69, 9.17) is 5.11 Å². The number of allylic oxidation sites excluding steroid dienone is 1. The van der Waals surface area contributed by atoms with Gasteiger partial charge < -0.3 is 15.5 Å². The van der Waals surface area contributed by atoms with Gasteiger partial charge in [-0.05, 0) is 38.3 Å². The minimum absolute atomic E-state index is 0.0994. The fourth-order valence-corrected chi connectivity index (χ4v) is 2.14. The molecule has 0 saturated carbocycles. The maximum Gasteiger partial charge on any atom is 0.123 e. The largest absolute Gasteiger partial charge is 0.508 e. The Balaban J connectivity index is 1.74. The molecule has 0 fully saturated rings. The number of aromatic hydroxyl groups is 2. The summed E-state index contributed by atoms with van der Waals surface area (Å²) in [7, 11) is 0. The van der Waals surface area contributed by atoms with E-state index in [1.165, 1.54) is 25.3 Å². The maximum absolute atomic E-state index is 9.59. The van der Waals surface area contributed by atoms with Crippen LogP contribution in [0.1, 0.15) is 31.2 Å². The van der Waals surface area contributed by atoms with E-state index in [0.717, 1.165) is 18.5 Å². The molecule has 0 aromatic heterocycles. The molecule has 2 rings (SSSR count). The van der Waals surface area contributed by atoms with Crippen LogP contribution in [-0.4, -0.2) is 16.8 Å². The molecular formula is C14H19NO2. The van der Waals surface area contributed by atoms with E-state index in [0.29, 0.717) is 6.54 Å². The molecular weight excluding hydrogens is 214 g/mol. The van der Waals surface area contributed by atoms with Crippen LogP contribution in [-0.2, 0) is 6.54 Å². The third kappa shape index (κ3) is 3.49. The van der Waals surface area contributed by atoms with Crippen LogP contribution in [0.25, 0.3) is 0 Å². The molecule has 1 aromatic carbocycles. The minimum atomic E-state index is 0.0994. The number of hydrogen-bond donors (Lipinski definition) is 3. The zero-order valence-corrected chi connectivity index (χ0v) is 9.95. The van der Waals surface area contributed by atoms with Crippen molar-refractivity contribution in [2.45, 2.75) is 32.2 Å². The molecule has 0 aliphatic heterocycles. The first-order chi connectivity index (χ1) is 8.25. The smallest absolute Gasteiger partial charge is 0.123 e. The van der Waals surface area contributed by atoms with Crippen LogP contribution in [0.15, 0.2) is 29.8 Å². The van der Waals surface area contributed by atoms with E-state index in [2.05, 4.69) is 11.4 Å². The quantitative estimate of drug-likeness (QED) is 0.541. The Kier molecular flexibility index (Phi) is 4.04. The first-order valence-electron chi connectivity index (χ1n) is 6.15. The molecule has 3 heteroatoms. The van der Waals surface area contributed by atoms with Crippen molar-refractivity contribution in [2.24, 2.45) is 0 Å². The van der Waals surface area contributed by atoms with E-state index < -0.39 is 0 Å². The lowest BCUT2D eigenvalue weighted by Gasteiger charge is -2.07. The summed E-state index contributed by atoms with van der Waals surface area (Å²) in [5.74, 6) is 0.250. The minimum Gasteiger partial charge on any atom is -0.508 e. The molecule has 0 spiro atoms. The molecule has 0 heterocycles. The lowest BCUT2D eigenvalue weighted by atomic mass is 10.1. The molecule has 0 unspecified atom stereocenters. The zero-order chi connectivity index (χ0) is 12.1. The third-order valence-corrected chi connectivity index (χ3v) is 3.14. The highest BCUT2D eigenvalue weighted by Gasteiger charge is 2.04. The highest BCUT2D eigenvalue weighted by atomic mass is 16.3. The summed E-state index contributed by atoms with van der Waals surface area (Å²) in [4.78, 5) is 0. The molecule has 1 aromatic rings. The number of phenols is 2.